The Morgan fingerprint density at radius 2 is 1.91 bits per heavy atom. The van der Waals surface area contributed by atoms with Gasteiger partial charge in [0.15, 0.2) is 0 Å². The molecule has 0 aliphatic rings. The van der Waals surface area contributed by atoms with Gasteiger partial charge in [-0.05, 0) is 12.8 Å². The van der Waals surface area contributed by atoms with Crippen LogP contribution in [0.15, 0.2) is 0 Å². The second-order valence-corrected chi connectivity index (χ2v) is 2.23. The molecule has 0 radical (unpaired) electrons. The molecule has 0 heterocycles. The summed E-state index contributed by atoms with van der Waals surface area (Å²) in [7, 11) is 0. The largest absolute Gasteiger partial charge is 0.481 e. The van der Waals surface area contributed by atoms with Gasteiger partial charge in [0, 0.05) is 0 Å². The van der Waals surface area contributed by atoms with Crippen LogP contribution in [0.25, 0.3) is 0 Å². The molecule has 0 aromatic carbocycles. The first kappa shape index (κ1) is 12.7. The molecule has 2 heteroatoms. The van der Waals surface area contributed by atoms with Crippen LogP contribution in [0.3, 0.4) is 0 Å². The maximum Gasteiger partial charge on any atom is 0.306 e. The molecule has 0 aromatic rings. The van der Waals surface area contributed by atoms with Crippen molar-refractivity contribution in [3.05, 3.63) is 0 Å². The van der Waals surface area contributed by atoms with Gasteiger partial charge in [-0.3, -0.25) is 4.79 Å². The molecule has 64 valence electrons. The summed E-state index contributed by atoms with van der Waals surface area (Å²) in [6.07, 6.45) is 10.5. The molecular formula is C9H16O2. The van der Waals surface area contributed by atoms with Crippen LogP contribution in [0.2, 0.25) is 0 Å². The van der Waals surface area contributed by atoms with E-state index >= 15 is 0 Å². The quantitative estimate of drug-likeness (QED) is 0.633. The fourth-order valence-corrected chi connectivity index (χ4v) is 0.851. The van der Waals surface area contributed by atoms with E-state index in [-0.39, 0.29) is 5.92 Å². The summed E-state index contributed by atoms with van der Waals surface area (Å²) < 4.78 is 0. The average molecular weight is 156 g/mol. The number of carboxylic acid groups (broad SMARTS) is 1. The molecule has 1 unspecified atom stereocenters. The van der Waals surface area contributed by atoms with Gasteiger partial charge in [0.1, 0.15) is 0 Å². The molecule has 1 N–H and O–H groups in total. The van der Waals surface area contributed by atoms with Crippen LogP contribution in [0.1, 0.15) is 33.1 Å². The lowest BCUT2D eigenvalue weighted by Crippen LogP contribution is -2.11. The van der Waals surface area contributed by atoms with Crippen molar-refractivity contribution >= 4 is 5.97 Å². The smallest absolute Gasteiger partial charge is 0.306 e. The standard InChI is InChI=1S/C7H14O2.C2H2/c1-3-5-6(4-2)7(8)9;1-2/h6H,3-5H2,1-2H3,(H,8,9);1-2H. The third-order valence-corrected chi connectivity index (χ3v) is 1.48. The molecule has 11 heavy (non-hydrogen) atoms. The van der Waals surface area contributed by atoms with Crippen LogP contribution in [0.5, 0.6) is 0 Å². The second-order valence-electron chi connectivity index (χ2n) is 2.23. The van der Waals surface area contributed by atoms with E-state index in [1.807, 2.05) is 13.8 Å². The number of carboxylic acids is 1. The van der Waals surface area contributed by atoms with Crippen LogP contribution in [-0.2, 0) is 4.79 Å². The minimum absolute atomic E-state index is 0.116. The number of rotatable bonds is 4. The minimum atomic E-state index is -0.653. The normalized spacial score (nSPS) is 10.9. The van der Waals surface area contributed by atoms with Crippen molar-refractivity contribution in [2.45, 2.75) is 33.1 Å². The molecule has 0 aliphatic carbocycles. The van der Waals surface area contributed by atoms with Crippen LogP contribution >= 0.6 is 0 Å². The van der Waals surface area contributed by atoms with Crippen molar-refractivity contribution in [1.29, 1.82) is 0 Å². The van der Waals surface area contributed by atoms with Gasteiger partial charge in [-0.15, -0.1) is 12.8 Å². The Labute approximate surface area is 68.6 Å². The molecule has 0 saturated carbocycles. The van der Waals surface area contributed by atoms with Crippen molar-refractivity contribution in [3.63, 3.8) is 0 Å². The van der Waals surface area contributed by atoms with E-state index in [1.165, 1.54) is 0 Å². The molecule has 0 spiro atoms. The maximum atomic E-state index is 10.3. The fourth-order valence-electron chi connectivity index (χ4n) is 0.851. The first-order valence-corrected chi connectivity index (χ1v) is 3.78. The number of aliphatic carboxylic acids is 1. The molecule has 1 atom stereocenters. The van der Waals surface area contributed by atoms with Crippen molar-refractivity contribution < 1.29 is 9.90 Å². The Morgan fingerprint density at radius 1 is 1.45 bits per heavy atom. The zero-order valence-electron chi connectivity index (χ0n) is 7.21. The maximum absolute atomic E-state index is 10.3. The van der Waals surface area contributed by atoms with Crippen LogP contribution < -0.4 is 0 Å². The Balaban J connectivity index is 0. The van der Waals surface area contributed by atoms with E-state index in [1.54, 1.807) is 0 Å². The predicted molar refractivity (Wildman–Crippen MR) is 46.2 cm³/mol. The van der Waals surface area contributed by atoms with E-state index in [4.69, 9.17) is 5.11 Å². The highest BCUT2D eigenvalue weighted by Gasteiger charge is 2.12. The van der Waals surface area contributed by atoms with Gasteiger partial charge >= 0.3 is 5.97 Å². The summed E-state index contributed by atoms with van der Waals surface area (Å²) in [5.41, 5.74) is 0. The van der Waals surface area contributed by atoms with Gasteiger partial charge in [-0.1, -0.05) is 20.3 Å². The number of terminal acetylenes is 1. The van der Waals surface area contributed by atoms with Gasteiger partial charge in [0.05, 0.1) is 5.92 Å². The summed E-state index contributed by atoms with van der Waals surface area (Å²) in [6, 6.07) is 0. The lowest BCUT2D eigenvalue weighted by molar-refractivity contribution is -0.142. The van der Waals surface area contributed by atoms with E-state index in [2.05, 4.69) is 12.8 Å². The SMILES string of the molecule is C#C.CCCC(CC)C(=O)O. The Morgan fingerprint density at radius 3 is 2.00 bits per heavy atom. The number of hydrogen-bond donors (Lipinski definition) is 1. The summed E-state index contributed by atoms with van der Waals surface area (Å²) in [5, 5.41) is 8.50. The third-order valence-electron chi connectivity index (χ3n) is 1.48. The molecule has 0 amide bonds. The Bertz CT molecular complexity index is 116. The first-order chi connectivity index (χ1) is 5.22. The summed E-state index contributed by atoms with van der Waals surface area (Å²) >= 11 is 0. The van der Waals surface area contributed by atoms with E-state index < -0.39 is 5.97 Å². The fraction of sp³-hybridized carbons (Fsp3) is 0.667. The van der Waals surface area contributed by atoms with E-state index in [9.17, 15) is 4.79 Å². The minimum Gasteiger partial charge on any atom is -0.481 e. The van der Waals surface area contributed by atoms with Crippen molar-refractivity contribution in [1.82, 2.24) is 0 Å². The lowest BCUT2D eigenvalue weighted by atomic mass is 10.0. The molecule has 0 aromatic heterocycles. The lowest BCUT2D eigenvalue weighted by Gasteiger charge is -2.05. The van der Waals surface area contributed by atoms with Gasteiger partial charge in [0.25, 0.3) is 0 Å². The summed E-state index contributed by atoms with van der Waals surface area (Å²) in [4.78, 5) is 10.3. The molecule has 0 fully saturated rings. The highest BCUT2D eigenvalue weighted by atomic mass is 16.4. The number of hydrogen-bond acceptors (Lipinski definition) is 1. The van der Waals surface area contributed by atoms with Crippen LogP contribution in [0, 0.1) is 18.8 Å². The summed E-state index contributed by atoms with van der Waals surface area (Å²) in [6.45, 7) is 3.92. The molecule has 0 rings (SSSR count). The summed E-state index contributed by atoms with van der Waals surface area (Å²) in [5.74, 6) is -0.769. The molecule has 0 saturated heterocycles. The van der Waals surface area contributed by atoms with Gasteiger partial charge in [-0.2, -0.15) is 0 Å². The van der Waals surface area contributed by atoms with Crippen LogP contribution in [-0.4, -0.2) is 11.1 Å². The van der Waals surface area contributed by atoms with Gasteiger partial charge in [-0.25, -0.2) is 0 Å². The zero-order chi connectivity index (χ0) is 9.28. The Kier molecular flexibility index (Phi) is 10.4. The molecule has 0 bridgehead atoms. The predicted octanol–water partition coefficient (Wildman–Crippen LogP) is 2.15. The molecular weight excluding hydrogens is 140 g/mol. The van der Waals surface area contributed by atoms with E-state index in [0.29, 0.717) is 0 Å². The highest BCUT2D eigenvalue weighted by Crippen LogP contribution is 2.09. The molecule has 0 aliphatic heterocycles. The first-order valence-electron chi connectivity index (χ1n) is 3.78. The van der Waals surface area contributed by atoms with Crippen LogP contribution in [0.4, 0.5) is 0 Å². The molecule has 2 nitrogen and oxygen atoms in total. The van der Waals surface area contributed by atoms with Gasteiger partial charge in [0.2, 0.25) is 0 Å². The van der Waals surface area contributed by atoms with E-state index in [0.717, 1.165) is 19.3 Å². The van der Waals surface area contributed by atoms with Crippen molar-refractivity contribution in [2.24, 2.45) is 5.92 Å². The van der Waals surface area contributed by atoms with Crippen molar-refractivity contribution in [3.8, 4) is 12.8 Å². The number of carbonyl (C=O) groups is 1. The second kappa shape index (κ2) is 9.03. The highest BCUT2D eigenvalue weighted by molar-refractivity contribution is 5.69. The van der Waals surface area contributed by atoms with Crippen molar-refractivity contribution in [2.75, 3.05) is 0 Å². The third kappa shape index (κ3) is 6.92. The van der Waals surface area contributed by atoms with Gasteiger partial charge < -0.3 is 5.11 Å². The Hall–Kier alpha value is -0.970. The monoisotopic (exact) mass is 156 g/mol. The topological polar surface area (TPSA) is 37.3 Å². The average Bonchev–Trinajstić information content (AvgIpc) is 2.03. The zero-order valence-corrected chi connectivity index (χ0v) is 7.21.